The number of amides is 2. The Balaban J connectivity index is 1.63. The van der Waals surface area contributed by atoms with Crippen molar-refractivity contribution in [2.24, 2.45) is 0 Å². The van der Waals surface area contributed by atoms with Crippen LogP contribution >= 0.6 is 11.3 Å². The van der Waals surface area contributed by atoms with Gasteiger partial charge in [0.05, 0.1) is 17.7 Å². The summed E-state index contributed by atoms with van der Waals surface area (Å²) in [5.41, 5.74) is 4.31. The fourth-order valence-electron chi connectivity index (χ4n) is 3.71. The molecule has 1 aliphatic heterocycles. The van der Waals surface area contributed by atoms with Crippen LogP contribution in [-0.4, -0.2) is 25.5 Å². The van der Waals surface area contributed by atoms with Crippen molar-refractivity contribution in [2.75, 3.05) is 23.9 Å². The van der Waals surface area contributed by atoms with Crippen molar-refractivity contribution in [1.82, 2.24) is 0 Å². The smallest absolute Gasteiger partial charge is 0.265 e. The molecule has 2 heterocycles. The molecule has 1 N–H and O–H groups in total. The second kappa shape index (κ2) is 8.09. The van der Waals surface area contributed by atoms with Crippen molar-refractivity contribution in [3.63, 3.8) is 0 Å². The van der Waals surface area contributed by atoms with E-state index in [0.29, 0.717) is 28.4 Å². The summed E-state index contributed by atoms with van der Waals surface area (Å²) in [4.78, 5) is 28.1. The van der Waals surface area contributed by atoms with Crippen LogP contribution in [0.5, 0.6) is 5.75 Å². The maximum Gasteiger partial charge on any atom is 0.265 e. The molecule has 0 bridgehead atoms. The highest BCUT2D eigenvalue weighted by Crippen LogP contribution is 2.39. The lowest BCUT2D eigenvalue weighted by Gasteiger charge is -2.32. The lowest BCUT2D eigenvalue weighted by atomic mass is 9.95. The number of hydrogen-bond acceptors (Lipinski definition) is 4. The number of hydrogen-bond donors (Lipinski definition) is 1. The highest BCUT2D eigenvalue weighted by atomic mass is 32.1. The molecule has 0 radical (unpaired) electrons. The van der Waals surface area contributed by atoms with Crippen molar-refractivity contribution in [3.8, 4) is 5.75 Å². The predicted octanol–water partition coefficient (Wildman–Crippen LogP) is 4.91. The number of carbonyl (C=O) groups is 2. The van der Waals surface area contributed by atoms with Crippen molar-refractivity contribution in [3.05, 3.63) is 75.5 Å². The van der Waals surface area contributed by atoms with Crippen LogP contribution in [0.1, 0.15) is 37.6 Å². The van der Waals surface area contributed by atoms with Crippen LogP contribution in [0, 0.1) is 6.92 Å². The Morgan fingerprint density at radius 1 is 1.14 bits per heavy atom. The Bertz CT molecular complexity index is 1060. The van der Waals surface area contributed by atoms with Crippen LogP contribution in [0.25, 0.3) is 0 Å². The monoisotopic (exact) mass is 406 g/mol. The molecular weight excluding hydrogens is 384 g/mol. The van der Waals surface area contributed by atoms with E-state index in [4.69, 9.17) is 4.74 Å². The van der Waals surface area contributed by atoms with Gasteiger partial charge in [0.15, 0.2) is 0 Å². The minimum absolute atomic E-state index is 0.0953. The molecule has 0 aliphatic carbocycles. The van der Waals surface area contributed by atoms with Gasteiger partial charge in [0.1, 0.15) is 5.75 Å². The van der Waals surface area contributed by atoms with E-state index in [-0.39, 0.29) is 11.8 Å². The van der Waals surface area contributed by atoms with E-state index in [9.17, 15) is 9.59 Å². The van der Waals surface area contributed by atoms with Gasteiger partial charge in [-0.05, 0) is 66.6 Å². The van der Waals surface area contributed by atoms with Crippen LogP contribution in [0.3, 0.4) is 0 Å². The third-order valence-electron chi connectivity index (χ3n) is 5.14. The number of nitrogens with one attached hydrogen (secondary N) is 1. The summed E-state index contributed by atoms with van der Waals surface area (Å²) in [5.74, 6) is 0.438. The molecule has 0 saturated carbocycles. The van der Waals surface area contributed by atoms with Crippen LogP contribution in [0.4, 0.5) is 11.4 Å². The van der Waals surface area contributed by atoms with Gasteiger partial charge in [-0.15, -0.1) is 11.3 Å². The number of aryl methyl sites for hydroxylation is 1. The number of rotatable bonds is 4. The van der Waals surface area contributed by atoms with Crippen molar-refractivity contribution in [2.45, 2.75) is 19.8 Å². The molecule has 5 nitrogen and oxygen atoms in total. The topological polar surface area (TPSA) is 58.6 Å². The third-order valence-corrected chi connectivity index (χ3v) is 6.00. The van der Waals surface area contributed by atoms with Crippen molar-refractivity contribution < 1.29 is 14.3 Å². The Hall–Kier alpha value is -3.12. The first-order chi connectivity index (χ1) is 14.1. The standard InChI is InChI=1S/C23H22N2O3S/c1-15-10-11-19(28-2)21-18(15)8-4-12-25(21)23(27)16-6-3-7-17(14-16)24-22(26)20-9-5-13-29-20/h3,5-7,9-11,13-14H,4,8,12H2,1-2H3,(H,24,26). The first kappa shape index (κ1) is 19.2. The van der Waals surface area contributed by atoms with E-state index in [1.165, 1.54) is 11.3 Å². The predicted molar refractivity (Wildman–Crippen MR) is 116 cm³/mol. The minimum atomic E-state index is -0.176. The van der Waals surface area contributed by atoms with E-state index >= 15 is 0 Å². The number of anilines is 2. The quantitative estimate of drug-likeness (QED) is 0.670. The van der Waals surface area contributed by atoms with E-state index in [1.807, 2.05) is 23.6 Å². The molecule has 6 heteroatoms. The van der Waals surface area contributed by atoms with Gasteiger partial charge in [0.25, 0.3) is 11.8 Å². The average Bonchev–Trinajstić information content (AvgIpc) is 3.29. The van der Waals surface area contributed by atoms with Gasteiger partial charge in [0, 0.05) is 17.8 Å². The first-order valence-corrected chi connectivity index (χ1v) is 10.4. The van der Waals surface area contributed by atoms with Crippen molar-refractivity contribution in [1.29, 1.82) is 0 Å². The Morgan fingerprint density at radius 2 is 2.00 bits per heavy atom. The second-order valence-corrected chi connectivity index (χ2v) is 7.93. The molecule has 1 aromatic heterocycles. The molecule has 29 heavy (non-hydrogen) atoms. The highest BCUT2D eigenvalue weighted by molar-refractivity contribution is 7.12. The molecule has 2 amide bonds. The van der Waals surface area contributed by atoms with E-state index in [0.717, 1.165) is 29.7 Å². The van der Waals surface area contributed by atoms with Crippen molar-refractivity contribution >= 4 is 34.5 Å². The molecule has 148 valence electrons. The SMILES string of the molecule is COc1ccc(C)c2c1N(C(=O)c1cccc(NC(=O)c3cccs3)c1)CCC2. The minimum Gasteiger partial charge on any atom is -0.495 e. The number of fused-ring (bicyclic) bond motifs is 1. The Morgan fingerprint density at radius 3 is 2.76 bits per heavy atom. The Labute approximate surface area is 173 Å². The summed E-state index contributed by atoms with van der Waals surface area (Å²) in [7, 11) is 1.63. The largest absolute Gasteiger partial charge is 0.495 e. The van der Waals surface area contributed by atoms with Crippen LogP contribution in [0.15, 0.2) is 53.9 Å². The summed E-state index contributed by atoms with van der Waals surface area (Å²) >= 11 is 1.38. The number of benzene rings is 2. The lowest BCUT2D eigenvalue weighted by Crippen LogP contribution is -2.36. The summed E-state index contributed by atoms with van der Waals surface area (Å²) < 4.78 is 5.55. The fraction of sp³-hybridized carbons (Fsp3) is 0.217. The van der Waals surface area contributed by atoms with Gasteiger partial charge in [-0.3, -0.25) is 9.59 Å². The van der Waals surface area contributed by atoms with Crippen LogP contribution in [0.2, 0.25) is 0 Å². The third kappa shape index (κ3) is 3.76. The van der Waals surface area contributed by atoms with Crippen LogP contribution < -0.4 is 15.0 Å². The number of nitrogens with zero attached hydrogens (tertiary/aromatic N) is 1. The van der Waals surface area contributed by atoms with Gasteiger partial charge < -0.3 is 15.0 Å². The van der Waals surface area contributed by atoms with Gasteiger partial charge in [-0.1, -0.05) is 18.2 Å². The zero-order chi connectivity index (χ0) is 20.4. The molecule has 0 saturated heterocycles. The molecular formula is C23H22N2O3S. The highest BCUT2D eigenvalue weighted by Gasteiger charge is 2.28. The van der Waals surface area contributed by atoms with Gasteiger partial charge in [-0.2, -0.15) is 0 Å². The summed E-state index contributed by atoms with van der Waals surface area (Å²) in [6, 6.07) is 14.6. The number of carbonyl (C=O) groups excluding carboxylic acids is 2. The normalized spacial score (nSPS) is 13.0. The molecule has 3 aromatic rings. The zero-order valence-corrected chi connectivity index (χ0v) is 17.2. The molecule has 0 atom stereocenters. The molecule has 4 rings (SSSR count). The Kier molecular flexibility index (Phi) is 5.36. The van der Waals surface area contributed by atoms with E-state index in [2.05, 4.69) is 12.2 Å². The van der Waals surface area contributed by atoms with Gasteiger partial charge in [0.2, 0.25) is 0 Å². The average molecular weight is 407 g/mol. The summed E-state index contributed by atoms with van der Waals surface area (Å²) in [5, 5.41) is 4.73. The van der Waals surface area contributed by atoms with E-state index < -0.39 is 0 Å². The number of thiophene rings is 1. The maximum atomic E-state index is 13.4. The fourth-order valence-corrected chi connectivity index (χ4v) is 4.33. The van der Waals surface area contributed by atoms with Crippen LogP contribution in [-0.2, 0) is 6.42 Å². The zero-order valence-electron chi connectivity index (χ0n) is 16.4. The summed E-state index contributed by atoms with van der Waals surface area (Å²) in [6.07, 6.45) is 1.83. The molecule has 0 unspecified atom stereocenters. The number of methoxy groups -OCH3 is 1. The molecule has 0 fully saturated rings. The van der Waals surface area contributed by atoms with Gasteiger partial charge >= 0.3 is 0 Å². The molecule has 0 spiro atoms. The molecule has 1 aliphatic rings. The lowest BCUT2D eigenvalue weighted by molar-refractivity contribution is 0.0982. The molecule has 2 aromatic carbocycles. The van der Waals surface area contributed by atoms with Gasteiger partial charge in [-0.25, -0.2) is 0 Å². The van der Waals surface area contributed by atoms with E-state index in [1.54, 1.807) is 42.3 Å². The number of ether oxygens (including phenoxy) is 1. The first-order valence-electron chi connectivity index (χ1n) is 9.51. The second-order valence-electron chi connectivity index (χ2n) is 6.98. The summed E-state index contributed by atoms with van der Waals surface area (Å²) in [6.45, 7) is 2.70. The maximum absolute atomic E-state index is 13.4.